The van der Waals surface area contributed by atoms with E-state index in [4.69, 9.17) is 0 Å². The average molecular weight is 381 g/mol. The summed E-state index contributed by atoms with van der Waals surface area (Å²) < 4.78 is 0. The van der Waals surface area contributed by atoms with Gasteiger partial charge in [-0.3, -0.25) is 14.4 Å². The lowest BCUT2D eigenvalue weighted by atomic mass is 10.0. The third kappa shape index (κ3) is 6.54. The Labute approximate surface area is 165 Å². The molecule has 0 heterocycles. The molecule has 2 N–H and O–H groups in total. The predicted molar refractivity (Wildman–Crippen MR) is 109 cm³/mol. The van der Waals surface area contributed by atoms with Crippen LogP contribution in [0, 0.1) is 0 Å². The second-order valence-electron chi connectivity index (χ2n) is 6.63. The minimum atomic E-state index is -0.765. The van der Waals surface area contributed by atoms with Crippen LogP contribution in [0.5, 0.6) is 0 Å². The van der Waals surface area contributed by atoms with E-state index in [-0.39, 0.29) is 24.3 Å². The Morgan fingerprint density at radius 2 is 1.57 bits per heavy atom. The second-order valence-corrected chi connectivity index (χ2v) is 6.63. The lowest BCUT2D eigenvalue weighted by molar-refractivity contribution is -0.136. The lowest BCUT2D eigenvalue weighted by Gasteiger charge is -2.24. The normalized spacial score (nSPS) is 11.4. The molecule has 0 saturated heterocycles. The highest BCUT2D eigenvalue weighted by Crippen LogP contribution is 2.07. The van der Waals surface area contributed by atoms with E-state index >= 15 is 0 Å². The number of rotatable bonds is 9. The average Bonchev–Trinajstić information content (AvgIpc) is 2.72. The van der Waals surface area contributed by atoms with Gasteiger partial charge >= 0.3 is 0 Å². The maximum atomic E-state index is 13.0. The molecule has 0 spiro atoms. The van der Waals surface area contributed by atoms with Crippen molar-refractivity contribution in [3.63, 3.8) is 0 Å². The Kier molecular flexibility index (Phi) is 8.21. The molecule has 6 nitrogen and oxygen atoms in total. The third-order valence-electron chi connectivity index (χ3n) is 4.25. The molecule has 0 bridgehead atoms. The first-order valence-corrected chi connectivity index (χ1v) is 9.42. The van der Waals surface area contributed by atoms with Crippen molar-refractivity contribution in [2.24, 2.45) is 0 Å². The molecule has 0 aliphatic rings. The summed E-state index contributed by atoms with van der Waals surface area (Å²) in [5, 5.41) is 5.57. The van der Waals surface area contributed by atoms with Gasteiger partial charge in [0.1, 0.15) is 6.04 Å². The highest BCUT2D eigenvalue weighted by molar-refractivity contribution is 5.98. The first kappa shape index (κ1) is 21.2. The maximum absolute atomic E-state index is 13.0. The molecule has 0 aromatic heterocycles. The van der Waals surface area contributed by atoms with E-state index in [2.05, 4.69) is 10.6 Å². The van der Waals surface area contributed by atoms with E-state index in [0.717, 1.165) is 12.0 Å². The summed E-state index contributed by atoms with van der Waals surface area (Å²) in [5.74, 6) is -0.843. The first-order chi connectivity index (χ1) is 13.5. The van der Waals surface area contributed by atoms with E-state index < -0.39 is 6.04 Å². The van der Waals surface area contributed by atoms with Gasteiger partial charge in [-0.15, -0.1) is 0 Å². The number of hydrogen-bond donors (Lipinski definition) is 2. The number of nitrogens with one attached hydrogen (secondary N) is 2. The van der Waals surface area contributed by atoms with E-state index in [1.807, 2.05) is 43.3 Å². The van der Waals surface area contributed by atoms with E-state index in [0.29, 0.717) is 18.5 Å². The zero-order valence-electron chi connectivity index (χ0n) is 16.4. The van der Waals surface area contributed by atoms with Crippen LogP contribution in [0.15, 0.2) is 60.7 Å². The van der Waals surface area contributed by atoms with Crippen molar-refractivity contribution in [2.45, 2.75) is 25.8 Å². The molecule has 6 heteroatoms. The van der Waals surface area contributed by atoms with Gasteiger partial charge in [-0.25, -0.2) is 0 Å². The number of carbonyl (C=O) groups is 3. The molecule has 148 valence electrons. The summed E-state index contributed by atoms with van der Waals surface area (Å²) in [7, 11) is 1.57. The fourth-order valence-electron chi connectivity index (χ4n) is 2.76. The van der Waals surface area contributed by atoms with Gasteiger partial charge < -0.3 is 15.5 Å². The Bertz CT molecular complexity index is 778. The highest BCUT2D eigenvalue weighted by atomic mass is 16.2. The van der Waals surface area contributed by atoms with Crippen LogP contribution in [-0.2, 0) is 16.0 Å². The lowest BCUT2D eigenvalue weighted by Crippen LogP contribution is -2.50. The Hall–Kier alpha value is -3.15. The Morgan fingerprint density at radius 3 is 2.18 bits per heavy atom. The van der Waals surface area contributed by atoms with Gasteiger partial charge in [0.2, 0.25) is 11.8 Å². The molecular weight excluding hydrogens is 354 g/mol. The van der Waals surface area contributed by atoms with Crippen LogP contribution in [0.4, 0.5) is 0 Å². The molecule has 2 rings (SSSR count). The Morgan fingerprint density at radius 1 is 0.964 bits per heavy atom. The maximum Gasteiger partial charge on any atom is 0.251 e. The summed E-state index contributed by atoms with van der Waals surface area (Å²) in [4.78, 5) is 38.8. The Balaban J connectivity index is 2.11. The van der Waals surface area contributed by atoms with Gasteiger partial charge in [-0.2, -0.15) is 0 Å². The van der Waals surface area contributed by atoms with Crippen molar-refractivity contribution in [3.05, 3.63) is 71.8 Å². The van der Waals surface area contributed by atoms with Gasteiger partial charge in [-0.05, 0) is 24.1 Å². The summed E-state index contributed by atoms with van der Waals surface area (Å²) >= 11 is 0. The fourth-order valence-corrected chi connectivity index (χ4v) is 2.76. The number of hydrogen-bond acceptors (Lipinski definition) is 3. The van der Waals surface area contributed by atoms with Crippen LogP contribution in [-0.4, -0.2) is 48.8 Å². The molecule has 0 aliphatic carbocycles. The smallest absolute Gasteiger partial charge is 0.251 e. The second kappa shape index (κ2) is 10.9. The summed E-state index contributed by atoms with van der Waals surface area (Å²) in [6.45, 7) is 2.48. The van der Waals surface area contributed by atoms with Crippen molar-refractivity contribution in [2.75, 3.05) is 20.1 Å². The summed E-state index contributed by atoms with van der Waals surface area (Å²) in [6.07, 6.45) is 1.17. The SMILES string of the molecule is CCCNC(=O)CN(C)C(=O)[C@H](Cc1ccccc1)NC(=O)c1ccccc1. The monoisotopic (exact) mass is 381 g/mol. The number of nitrogens with zero attached hydrogens (tertiary/aromatic N) is 1. The van der Waals surface area contributed by atoms with Gasteiger partial charge in [0, 0.05) is 25.6 Å². The largest absolute Gasteiger partial charge is 0.355 e. The van der Waals surface area contributed by atoms with E-state index in [1.54, 1.807) is 31.3 Å². The van der Waals surface area contributed by atoms with Crippen molar-refractivity contribution < 1.29 is 14.4 Å². The van der Waals surface area contributed by atoms with Crippen LogP contribution >= 0.6 is 0 Å². The molecule has 3 amide bonds. The van der Waals surface area contributed by atoms with Crippen molar-refractivity contribution >= 4 is 17.7 Å². The molecule has 0 saturated carbocycles. The molecule has 2 aromatic rings. The van der Waals surface area contributed by atoms with Crippen molar-refractivity contribution in [1.82, 2.24) is 15.5 Å². The predicted octanol–water partition coefficient (Wildman–Crippen LogP) is 2.01. The number of likely N-dealkylation sites (N-methyl/N-ethyl adjacent to an activating group) is 1. The number of amides is 3. The molecular formula is C22H27N3O3. The zero-order valence-corrected chi connectivity index (χ0v) is 16.4. The molecule has 1 atom stereocenters. The molecule has 0 unspecified atom stereocenters. The van der Waals surface area contributed by atoms with E-state index in [9.17, 15) is 14.4 Å². The van der Waals surface area contributed by atoms with Crippen LogP contribution in [0.25, 0.3) is 0 Å². The molecule has 0 radical (unpaired) electrons. The summed E-state index contributed by atoms with van der Waals surface area (Å²) in [6, 6.07) is 17.5. The van der Waals surface area contributed by atoms with Gasteiger partial charge in [-0.1, -0.05) is 55.5 Å². The minimum Gasteiger partial charge on any atom is -0.355 e. The van der Waals surface area contributed by atoms with E-state index in [1.165, 1.54) is 4.90 Å². The number of carbonyl (C=O) groups excluding carboxylic acids is 3. The summed E-state index contributed by atoms with van der Waals surface area (Å²) in [5.41, 5.74) is 1.41. The van der Waals surface area contributed by atoms with Crippen LogP contribution < -0.4 is 10.6 Å². The zero-order chi connectivity index (χ0) is 20.4. The molecule has 28 heavy (non-hydrogen) atoms. The molecule has 0 aliphatic heterocycles. The quantitative estimate of drug-likeness (QED) is 0.697. The minimum absolute atomic E-state index is 0.0503. The first-order valence-electron chi connectivity index (χ1n) is 9.42. The van der Waals surface area contributed by atoms with Gasteiger partial charge in [0.05, 0.1) is 6.54 Å². The third-order valence-corrected chi connectivity index (χ3v) is 4.25. The van der Waals surface area contributed by atoms with Crippen molar-refractivity contribution in [3.8, 4) is 0 Å². The molecule has 2 aromatic carbocycles. The van der Waals surface area contributed by atoms with Gasteiger partial charge in [0.15, 0.2) is 0 Å². The van der Waals surface area contributed by atoms with Crippen LogP contribution in [0.3, 0.4) is 0 Å². The van der Waals surface area contributed by atoms with Crippen molar-refractivity contribution in [1.29, 1.82) is 0 Å². The van der Waals surface area contributed by atoms with Gasteiger partial charge in [0.25, 0.3) is 5.91 Å². The standard InChI is InChI=1S/C22H27N3O3/c1-3-14-23-20(26)16-25(2)22(28)19(15-17-10-6-4-7-11-17)24-21(27)18-12-8-5-9-13-18/h4-13,19H,3,14-16H2,1-2H3,(H,23,26)(H,24,27)/t19-/m0/s1. The topological polar surface area (TPSA) is 78.5 Å². The highest BCUT2D eigenvalue weighted by Gasteiger charge is 2.26. The van der Waals surface area contributed by atoms with Crippen LogP contribution in [0.2, 0.25) is 0 Å². The fraction of sp³-hybridized carbons (Fsp3) is 0.318. The number of benzene rings is 2. The molecule has 0 fully saturated rings. The van der Waals surface area contributed by atoms with Crippen LogP contribution in [0.1, 0.15) is 29.3 Å².